The van der Waals surface area contributed by atoms with Crippen molar-refractivity contribution in [2.45, 2.75) is 25.7 Å². The maximum atomic E-state index is 12.6. The molecule has 0 unspecified atom stereocenters. The Morgan fingerprint density at radius 3 is 2.68 bits per heavy atom. The largest absolute Gasteiger partial charge is 0.454 e. The van der Waals surface area contributed by atoms with Gasteiger partial charge in [-0.3, -0.25) is 14.5 Å². The lowest BCUT2D eigenvalue weighted by atomic mass is 9.88. The number of likely N-dealkylation sites (tertiary alicyclic amines) is 1. The van der Waals surface area contributed by atoms with Crippen molar-refractivity contribution < 1.29 is 19.1 Å². The summed E-state index contributed by atoms with van der Waals surface area (Å²) in [5, 5.41) is 7.63. The number of carbonyl (C=O) groups is 2. The number of anilines is 1. The van der Waals surface area contributed by atoms with E-state index in [0.29, 0.717) is 24.5 Å². The molecule has 2 aromatic carbocycles. The first kappa shape index (κ1) is 20.7. The van der Waals surface area contributed by atoms with E-state index >= 15 is 0 Å². The van der Waals surface area contributed by atoms with Gasteiger partial charge >= 0.3 is 0 Å². The monoisotopic (exact) mass is 459 g/mol. The van der Waals surface area contributed by atoms with Gasteiger partial charge in [-0.05, 0) is 68.6 Å². The molecular formula is C25H25N5O4. The fourth-order valence-corrected chi connectivity index (χ4v) is 5.06. The van der Waals surface area contributed by atoms with Crippen LogP contribution in [0, 0.1) is 0 Å². The first-order valence-corrected chi connectivity index (χ1v) is 11.5. The van der Waals surface area contributed by atoms with Gasteiger partial charge in [0.15, 0.2) is 17.2 Å². The molecule has 2 amide bonds. The minimum absolute atomic E-state index is 0.0278. The summed E-state index contributed by atoms with van der Waals surface area (Å²) in [6.45, 7) is 2.49. The fraction of sp³-hybridized carbons (Fsp3) is 0.320. The highest BCUT2D eigenvalue weighted by Gasteiger charge is 2.29. The summed E-state index contributed by atoms with van der Waals surface area (Å²) in [4.78, 5) is 27.0. The Kier molecular flexibility index (Phi) is 4.99. The number of aryl methyl sites for hydroxylation is 1. The number of carbonyl (C=O) groups excluding carboxylic acids is 2. The van der Waals surface area contributed by atoms with E-state index in [9.17, 15) is 9.59 Å². The average Bonchev–Trinajstić information content (AvgIpc) is 3.57. The normalized spacial score (nSPS) is 16.2. The molecule has 3 heterocycles. The van der Waals surface area contributed by atoms with E-state index in [1.165, 1.54) is 0 Å². The molecule has 9 nitrogen and oxygen atoms in total. The fourth-order valence-electron chi connectivity index (χ4n) is 5.06. The van der Waals surface area contributed by atoms with Crippen LogP contribution in [0.1, 0.15) is 34.5 Å². The molecule has 0 radical (unpaired) electrons. The highest BCUT2D eigenvalue weighted by Crippen LogP contribution is 2.40. The van der Waals surface area contributed by atoms with Crippen LogP contribution in [0.15, 0.2) is 36.4 Å². The van der Waals surface area contributed by atoms with Crippen molar-refractivity contribution in [3.05, 3.63) is 53.2 Å². The van der Waals surface area contributed by atoms with E-state index in [1.807, 2.05) is 36.4 Å². The van der Waals surface area contributed by atoms with Crippen LogP contribution in [0.4, 0.5) is 5.69 Å². The highest BCUT2D eigenvalue weighted by atomic mass is 16.7. The third kappa shape index (κ3) is 3.58. The van der Waals surface area contributed by atoms with Gasteiger partial charge in [-0.2, -0.15) is 5.10 Å². The van der Waals surface area contributed by atoms with E-state index in [-0.39, 0.29) is 18.4 Å². The van der Waals surface area contributed by atoms with E-state index in [1.54, 1.807) is 4.68 Å². The standard InChI is InChI=1S/C25H25N5O4/c26-25(32)23-18-7-4-15-3-5-16(27-22(31)13-29-9-1-2-10-29)11-19(15)24(18)30(28-23)17-6-8-20-21(12-17)34-14-33-20/h3,5-6,8,11-12H,1-2,4,7,9-10,13-14H2,(H2,26,32)(H,27,31). The van der Waals surface area contributed by atoms with E-state index < -0.39 is 5.91 Å². The number of nitrogens with two attached hydrogens (primary N) is 1. The van der Waals surface area contributed by atoms with Crippen molar-refractivity contribution in [1.29, 1.82) is 0 Å². The number of rotatable bonds is 5. The molecule has 174 valence electrons. The number of ether oxygens (including phenoxy) is 2. The van der Waals surface area contributed by atoms with Crippen LogP contribution in [-0.2, 0) is 17.6 Å². The molecule has 1 saturated heterocycles. The van der Waals surface area contributed by atoms with Gasteiger partial charge in [-0.25, -0.2) is 4.68 Å². The lowest BCUT2D eigenvalue weighted by Crippen LogP contribution is -2.30. The van der Waals surface area contributed by atoms with Crippen LogP contribution in [0.25, 0.3) is 16.9 Å². The third-order valence-electron chi connectivity index (χ3n) is 6.68. The van der Waals surface area contributed by atoms with E-state index in [2.05, 4.69) is 15.3 Å². The molecule has 0 atom stereocenters. The van der Waals surface area contributed by atoms with Gasteiger partial charge in [0.25, 0.3) is 5.91 Å². The number of nitrogens with zero attached hydrogens (tertiary/aromatic N) is 3. The second kappa shape index (κ2) is 8.18. The zero-order valence-electron chi connectivity index (χ0n) is 18.7. The molecule has 3 N–H and O–H groups in total. The molecule has 1 aromatic heterocycles. The molecule has 34 heavy (non-hydrogen) atoms. The lowest BCUT2D eigenvalue weighted by molar-refractivity contribution is -0.117. The number of amides is 2. The summed E-state index contributed by atoms with van der Waals surface area (Å²) in [6.07, 6.45) is 3.70. The van der Waals surface area contributed by atoms with Crippen LogP contribution < -0.4 is 20.5 Å². The molecule has 2 aliphatic heterocycles. The number of benzene rings is 2. The number of fused-ring (bicyclic) bond motifs is 4. The van der Waals surface area contributed by atoms with Crippen LogP contribution in [0.2, 0.25) is 0 Å². The van der Waals surface area contributed by atoms with Crippen molar-refractivity contribution in [2.75, 3.05) is 31.7 Å². The molecule has 3 aromatic rings. The van der Waals surface area contributed by atoms with Gasteiger partial charge < -0.3 is 20.5 Å². The van der Waals surface area contributed by atoms with Gasteiger partial charge in [0.2, 0.25) is 12.7 Å². The second-order valence-electron chi connectivity index (χ2n) is 8.89. The Balaban J connectivity index is 1.40. The molecule has 0 spiro atoms. The summed E-state index contributed by atoms with van der Waals surface area (Å²) in [5.74, 6) is 0.707. The van der Waals surface area contributed by atoms with Crippen molar-refractivity contribution in [3.8, 4) is 28.4 Å². The Morgan fingerprint density at radius 2 is 1.85 bits per heavy atom. The van der Waals surface area contributed by atoms with Crippen LogP contribution in [-0.4, -0.2) is 52.9 Å². The lowest BCUT2D eigenvalue weighted by Gasteiger charge is -2.20. The first-order chi connectivity index (χ1) is 16.6. The molecule has 9 heteroatoms. The SMILES string of the molecule is NC(=O)c1nn(-c2ccc3c(c2)OCO3)c2c1CCc1ccc(NC(=O)CN3CCCC3)cc1-2. The molecular weight excluding hydrogens is 434 g/mol. The summed E-state index contributed by atoms with van der Waals surface area (Å²) >= 11 is 0. The van der Waals surface area contributed by atoms with Crippen molar-refractivity contribution in [1.82, 2.24) is 14.7 Å². The Hall–Kier alpha value is -3.85. The zero-order chi connectivity index (χ0) is 23.2. The minimum Gasteiger partial charge on any atom is -0.454 e. The van der Waals surface area contributed by atoms with Crippen LogP contribution in [0.3, 0.4) is 0 Å². The first-order valence-electron chi connectivity index (χ1n) is 11.5. The quantitative estimate of drug-likeness (QED) is 0.606. The summed E-state index contributed by atoms with van der Waals surface area (Å²) < 4.78 is 12.7. The summed E-state index contributed by atoms with van der Waals surface area (Å²) in [7, 11) is 0. The topological polar surface area (TPSA) is 112 Å². The number of aromatic nitrogens is 2. The van der Waals surface area contributed by atoms with Crippen LogP contribution in [0.5, 0.6) is 11.5 Å². The molecule has 0 saturated carbocycles. The predicted octanol–water partition coefficient (Wildman–Crippen LogP) is 2.50. The highest BCUT2D eigenvalue weighted by molar-refractivity contribution is 5.96. The average molecular weight is 460 g/mol. The molecule has 3 aliphatic rings. The minimum atomic E-state index is -0.561. The van der Waals surface area contributed by atoms with E-state index in [0.717, 1.165) is 66.1 Å². The van der Waals surface area contributed by atoms with Gasteiger partial charge in [0.05, 0.1) is 17.9 Å². The second-order valence-corrected chi connectivity index (χ2v) is 8.89. The van der Waals surface area contributed by atoms with E-state index in [4.69, 9.17) is 15.2 Å². The summed E-state index contributed by atoms with van der Waals surface area (Å²) in [5.41, 5.74) is 11.1. The number of hydrogen-bond donors (Lipinski definition) is 2. The number of nitrogens with one attached hydrogen (secondary N) is 1. The van der Waals surface area contributed by atoms with Crippen molar-refractivity contribution in [2.24, 2.45) is 5.73 Å². The summed E-state index contributed by atoms with van der Waals surface area (Å²) in [6, 6.07) is 11.5. The zero-order valence-corrected chi connectivity index (χ0v) is 18.7. The number of primary amides is 1. The van der Waals surface area contributed by atoms with Crippen molar-refractivity contribution >= 4 is 17.5 Å². The number of hydrogen-bond acceptors (Lipinski definition) is 6. The molecule has 1 fully saturated rings. The van der Waals surface area contributed by atoms with Gasteiger partial charge in [0.1, 0.15) is 0 Å². The predicted molar refractivity (Wildman–Crippen MR) is 125 cm³/mol. The Morgan fingerprint density at radius 1 is 1.03 bits per heavy atom. The Labute approximate surface area is 196 Å². The van der Waals surface area contributed by atoms with Crippen molar-refractivity contribution in [3.63, 3.8) is 0 Å². The van der Waals surface area contributed by atoms with Gasteiger partial charge in [-0.15, -0.1) is 0 Å². The molecule has 6 rings (SSSR count). The maximum Gasteiger partial charge on any atom is 0.269 e. The van der Waals surface area contributed by atoms with Crippen LogP contribution >= 0.6 is 0 Å². The maximum absolute atomic E-state index is 12.6. The third-order valence-corrected chi connectivity index (χ3v) is 6.68. The Bertz CT molecular complexity index is 1310. The molecule has 1 aliphatic carbocycles. The molecule has 0 bridgehead atoms. The smallest absolute Gasteiger partial charge is 0.269 e. The van der Waals surface area contributed by atoms with Gasteiger partial charge in [0, 0.05) is 22.9 Å². The van der Waals surface area contributed by atoms with Gasteiger partial charge in [-0.1, -0.05) is 6.07 Å².